The Kier molecular flexibility index (Phi) is 6.16. The van der Waals surface area contributed by atoms with Gasteiger partial charge in [-0.25, -0.2) is 0 Å². The zero-order valence-electron chi connectivity index (χ0n) is 15.5. The Morgan fingerprint density at radius 1 is 1.15 bits per heavy atom. The lowest BCUT2D eigenvalue weighted by molar-refractivity contribution is -0.116. The van der Waals surface area contributed by atoms with Crippen molar-refractivity contribution in [1.29, 1.82) is 0 Å². The Morgan fingerprint density at radius 2 is 1.93 bits per heavy atom. The summed E-state index contributed by atoms with van der Waals surface area (Å²) in [6, 6.07) is 7.86. The summed E-state index contributed by atoms with van der Waals surface area (Å²) < 4.78 is 5.76. The summed E-state index contributed by atoms with van der Waals surface area (Å²) in [5.74, 6) is -0.0352. The third-order valence-corrected chi connectivity index (χ3v) is 6.36. The lowest BCUT2D eigenvalue weighted by Gasteiger charge is -2.09. The number of nitrogens with zero attached hydrogens (tertiary/aromatic N) is 4. The average molecular weight is 495 g/mol. The van der Waals surface area contributed by atoms with Crippen molar-refractivity contribution in [2.45, 2.75) is 40.3 Å². The van der Waals surface area contributed by atoms with Crippen LogP contribution in [-0.2, 0) is 17.9 Å². The van der Waals surface area contributed by atoms with Gasteiger partial charge < -0.3 is 5.32 Å². The number of nitrogens with one attached hydrogen (secondary N) is 1. The van der Waals surface area contributed by atoms with Crippen LogP contribution in [0.5, 0.6) is 0 Å². The van der Waals surface area contributed by atoms with Crippen LogP contribution < -0.4 is 5.32 Å². The fraction of sp³-hybridized carbons (Fsp3) is 0.316. The molecule has 0 aliphatic carbocycles. The number of aryl methyl sites for hydroxylation is 2. The summed E-state index contributed by atoms with van der Waals surface area (Å²) in [7, 11) is 0. The summed E-state index contributed by atoms with van der Waals surface area (Å²) in [5.41, 5.74) is 4.94. The minimum Gasteiger partial charge on any atom is -0.326 e. The van der Waals surface area contributed by atoms with Gasteiger partial charge >= 0.3 is 0 Å². The first-order chi connectivity index (χ1) is 12.8. The fourth-order valence-electron chi connectivity index (χ4n) is 2.83. The average Bonchev–Trinajstić information content (AvgIpc) is 3.08. The Morgan fingerprint density at radius 3 is 2.56 bits per heavy atom. The second-order valence-corrected chi connectivity index (χ2v) is 8.09. The highest BCUT2D eigenvalue weighted by atomic mass is 79.9. The number of amides is 1. The van der Waals surface area contributed by atoms with Gasteiger partial charge in [-0.05, 0) is 70.3 Å². The molecule has 0 unspecified atom stereocenters. The fourth-order valence-corrected chi connectivity index (χ4v) is 3.41. The van der Waals surface area contributed by atoms with Crippen LogP contribution >= 0.6 is 31.9 Å². The van der Waals surface area contributed by atoms with E-state index in [0.717, 1.165) is 37.3 Å². The zero-order valence-corrected chi connectivity index (χ0v) is 18.6. The molecule has 3 aromatic rings. The Hall–Kier alpha value is -1.93. The first-order valence-corrected chi connectivity index (χ1v) is 10.2. The molecule has 0 radical (unpaired) electrons. The highest BCUT2D eigenvalue weighted by Crippen LogP contribution is 2.21. The molecular formula is C19H21Br2N5O. The first kappa shape index (κ1) is 19.8. The maximum absolute atomic E-state index is 12.3. The SMILES string of the molecule is Cc1nn(Cc2cccc(NC(=O)CCn3ncc(Br)c3C)c2)c(C)c1Br. The molecule has 8 heteroatoms. The van der Waals surface area contributed by atoms with Gasteiger partial charge in [-0.3, -0.25) is 14.2 Å². The summed E-state index contributed by atoms with van der Waals surface area (Å²) in [6.07, 6.45) is 2.11. The van der Waals surface area contributed by atoms with E-state index in [1.165, 1.54) is 0 Å². The van der Waals surface area contributed by atoms with Crippen LogP contribution in [0.1, 0.15) is 29.1 Å². The summed E-state index contributed by atoms with van der Waals surface area (Å²) >= 11 is 6.98. The number of aromatic nitrogens is 4. The molecule has 1 N–H and O–H groups in total. The van der Waals surface area contributed by atoms with Crippen molar-refractivity contribution in [3.05, 3.63) is 62.1 Å². The summed E-state index contributed by atoms with van der Waals surface area (Å²) in [6.45, 7) is 7.18. The molecular weight excluding hydrogens is 474 g/mol. The van der Waals surface area contributed by atoms with Crippen molar-refractivity contribution < 1.29 is 4.79 Å². The smallest absolute Gasteiger partial charge is 0.226 e. The number of anilines is 1. The molecule has 1 amide bonds. The van der Waals surface area contributed by atoms with E-state index in [2.05, 4.69) is 47.4 Å². The van der Waals surface area contributed by atoms with Crippen LogP contribution in [0.2, 0.25) is 0 Å². The third-order valence-electron chi connectivity index (χ3n) is 4.43. The molecule has 0 spiro atoms. The molecule has 142 valence electrons. The number of halogens is 2. The molecule has 2 heterocycles. The molecule has 0 saturated heterocycles. The highest BCUT2D eigenvalue weighted by Gasteiger charge is 2.10. The van der Waals surface area contributed by atoms with Crippen LogP contribution in [0.3, 0.4) is 0 Å². The predicted molar refractivity (Wildman–Crippen MR) is 113 cm³/mol. The van der Waals surface area contributed by atoms with Crippen molar-refractivity contribution in [2.75, 3.05) is 5.32 Å². The van der Waals surface area contributed by atoms with E-state index < -0.39 is 0 Å². The maximum atomic E-state index is 12.3. The van der Waals surface area contributed by atoms with Crippen molar-refractivity contribution in [3.63, 3.8) is 0 Å². The molecule has 27 heavy (non-hydrogen) atoms. The molecule has 0 aliphatic rings. The van der Waals surface area contributed by atoms with Crippen LogP contribution in [0, 0.1) is 20.8 Å². The van der Waals surface area contributed by atoms with Gasteiger partial charge in [0.05, 0.1) is 39.6 Å². The standard InChI is InChI=1S/C19H21Br2N5O/c1-12-19(21)14(3)26(24-12)11-15-5-4-6-16(9-15)23-18(27)7-8-25-13(2)17(20)10-22-25/h4-6,9-10H,7-8,11H2,1-3H3,(H,23,27). The summed E-state index contributed by atoms with van der Waals surface area (Å²) in [4.78, 5) is 12.3. The van der Waals surface area contributed by atoms with E-state index in [0.29, 0.717) is 19.5 Å². The minimum atomic E-state index is -0.0352. The Balaban J connectivity index is 1.62. The highest BCUT2D eigenvalue weighted by molar-refractivity contribution is 9.10. The van der Waals surface area contributed by atoms with E-state index in [1.54, 1.807) is 6.20 Å². The van der Waals surface area contributed by atoms with Crippen molar-refractivity contribution in [2.24, 2.45) is 0 Å². The lowest BCUT2D eigenvalue weighted by atomic mass is 10.2. The van der Waals surface area contributed by atoms with Gasteiger partial charge in [0.2, 0.25) is 5.91 Å². The molecule has 1 aromatic carbocycles. The van der Waals surface area contributed by atoms with Gasteiger partial charge in [-0.1, -0.05) is 12.1 Å². The number of rotatable bonds is 6. The van der Waals surface area contributed by atoms with Crippen LogP contribution in [0.25, 0.3) is 0 Å². The molecule has 6 nitrogen and oxygen atoms in total. The van der Waals surface area contributed by atoms with Gasteiger partial charge in [0.25, 0.3) is 0 Å². The molecule has 0 saturated carbocycles. The number of benzene rings is 1. The van der Waals surface area contributed by atoms with Crippen LogP contribution in [0.4, 0.5) is 5.69 Å². The Bertz CT molecular complexity index is 977. The second-order valence-electron chi connectivity index (χ2n) is 6.44. The van der Waals surface area contributed by atoms with Crippen LogP contribution in [0.15, 0.2) is 39.4 Å². The molecule has 0 atom stereocenters. The predicted octanol–water partition coefficient (Wildman–Crippen LogP) is 4.61. The third kappa shape index (κ3) is 4.68. The van der Waals surface area contributed by atoms with Gasteiger partial charge in [0.1, 0.15) is 0 Å². The van der Waals surface area contributed by atoms with E-state index in [9.17, 15) is 4.79 Å². The van der Waals surface area contributed by atoms with E-state index in [-0.39, 0.29) is 5.91 Å². The normalized spacial score (nSPS) is 11.0. The number of carbonyl (C=O) groups excluding carboxylic acids is 1. The molecule has 0 fully saturated rings. The maximum Gasteiger partial charge on any atom is 0.226 e. The molecule has 0 bridgehead atoms. The molecule has 0 aliphatic heterocycles. The lowest BCUT2D eigenvalue weighted by Crippen LogP contribution is -2.15. The van der Waals surface area contributed by atoms with Crippen molar-refractivity contribution in [1.82, 2.24) is 19.6 Å². The quantitative estimate of drug-likeness (QED) is 0.544. The van der Waals surface area contributed by atoms with E-state index in [4.69, 9.17) is 0 Å². The van der Waals surface area contributed by atoms with Crippen molar-refractivity contribution in [3.8, 4) is 0 Å². The van der Waals surface area contributed by atoms with Gasteiger partial charge in [-0.2, -0.15) is 10.2 Å². The monoisotopic (exact) mass is 493 g/mol. The van der Waals surface area contributed by atoms with Crippen molar-refractivity contribution >= 4 is 43.5 Å². The zero-order chi connectivity index (χ0) is 19.6. The first-order valence-electron chi connectivity index (χ1n) is 8.61. The van der Waals surface area contributed by atoms with Gasteiger partial charge in [0.15, 0.2) is 0 Å². The molecule has 3 rings (SSSR count). The second kappa shape index (κ2) is 8.39. The minimum absolute atomic E-state index is 0.0352. The topological polar surface area (TPSA) is 64.7 Å². The largest absolute Gasteiger partial charge is 0.326 e. The van der Waals surface area contributed by atoms with Crippen LogP contribution in [-0.4, -0.2) is 25.5 Å². The Labute approximate surface area is 175 Å². The molecule has 2 aromatic heterocycles. The summed E-state index contributed by atoms with van der Waals surface area (Å²) in [5, 5.41) is 11.8. The van der Waals surface area contributed by atoms with Gasteiger partial charge in [0, 0.05) is 17.8 Å². The number of carbonyl (C=O) groups is 1. The number of hydrogen-bond donors (Lipinski definition) is 1. The van der Waals surface area contributed by atoms with E-state index >= 15 is 0 Å². The van der Waals surface area contributed by atoms with Gasteiger partial charge in [-0.15, -0.1) is 0 Å². The number of hydrogen-bond acceptors (Lipinski definition) is 3. The van der Waals surface area contributed by atoms with E-state index in [1.807, 2.05) is 54.4 Å².